The molecule has 0 heterocycles. The van der Waals surface area contributed by atoms with Gasteiger partial charge in [-0.2, -0.15) is 5.10 Å². The Morgan fingerprint density at radius 2 is 1.95 bits per heavy atom. The largest absolute Gasteiger partial charge is 0.490 e. The lowest BCUT2D eigenvalue weighted by Crippen LogP contribution is -2.21. The third kappa shape index (κ3) is 3.38. The van der Waals surface area contributed by atoms with Crippen LogP contribution in [0.4, 0.5) is 11.4 Å². The number of ether oxygens (including phenoxy) is 1. The van der Waals surface area contributed by atoms with Crippen molar-refractivity contribution in [2.75, 3.05) is 7.11 Å². The van der Waals surface area contributed by atoms with Crippen molar-refractivity contribution in [3.63, 3.8) is 0 Å². The molecule has 0 saturated carbocycles. The van der Waals surface area contributed by atoms with Crippen LogP contribution >= 0.6 is 0 Å². The Balaban J connectivity index is 3.46. The number of methoxy groups -OCH3 is 1. The Hall–Kier alpha value is -3.24. The highest BCUT2D eigenvalue weighted by Crippen LogP contribution is 2.34. The molecule has 20 heavy (non-hydrogen) atoms. The number of guanidine groups is 1. The summed E-state index contributed by atoms with van der Waals surface area (Å²) >= 11 is 0. The van der Waals surface area contributed by atoms with E-state index in [4.69, 9.17) is 16.2 Å². The standard InChI is InChI=1S/C9H10N6O5/c1-20-8-5(4-12-13-9(10)11)2-6(14(16)17)3-7(8)15(18)19/h2-4H,1H3,(H4,10,11,13). The molecule has 0 spiro atoms. The maximum absolute atomic E-state index is 10.9. The fraction of sp³-hybridized carbons (Fsp3) is 0.111. The highest BCUT2D eigenvalue weighted by molar-refractivity contribution is 5.88. The lowest BCUT2D eigenvalue weighted by atomic mass is 10.1. The number of nitrogens with zero attached hydrogens (tertiary/aromatic N) is 4. The van der Waals surface area contributed by atoms with Crippen LogP contribution in [0, 0.1) is 20.2 Å². The van der Waals surface area contributed by atoms with Gasteiger partial charge in [-0.05, 0) is 0 Å². The molecule has 1 aromatic carbocycles. The quantitative estimate of drug-likeness (QED) is 0.333. The number of nitrogens with two attached hydrogens (primary N) is 2. The summed E-state index contributed by atoms with van der Waals surface area (Å²) in [6.07, 6.45) is 1.01. The molecule has 0 fully saturated rings. The number of nitro benzene ring substituents is 2. The molecule has 0 unspecified atom stereocenters. The van der Waals surface area contributed by atoms with E-state index < -0.39 is 21.2 Å². The van der Waals surface area contributed by atoms with Gasteiger partial charge in [0, 0.05) is 6.07 Å². The average Bonchev–Trinajstić information content (AvgIpc) is 2.36. The molecule has 0 amide bonds. The van der Waals surface area contributed by atoms with Gasteiger partial charge in [-0.1, -0.05) is 0 Å². The fourth-order valence-corrected chi connectivity index (χ4v) is 1.34. The van der Waals surface area contributed by atoms with E-state index in [1.807, 2.05) is 0 Å². The minimum absolute atomic E-state index is 0.00148. The SMILES string of the molecule is COc1c(C=NN=C(N)N)cc([N+](=O)[O-])cc1[N+](=O)[O-]. The number of hydrogen-bond donors (Lipinski definition) is 2. The number of non-ortho nitro benzene ring substituents is 1. The zero-order chi connectivity index (χ0) is 15.3. The predicted molar refractivity (Wildman–Crippen MR) is 69.7 cm³/mol. The molecule has 0 saturated heterocycles. The second kappa shape index (κ2) is 6.08. The lowest BCUT2D eigenvalue weighted by Gasteiger charge is -2.04. The van der Waals surface area contributed by atoms with E-state index >= 15 is 0 Å². The molecule has 1 aromatic rings. The highest BCUT2D eigenvalue weighted by Gasteiger charge is 2.24. The summed E-state index contributed by atoms with van der Waals surface area (Å²) in [6, 6.07) is 1.84. The van der Waals surface area contributed by atoms with Crippen molar-refractivity contribution in [1.82, 2.24) is 0 Å². The van der Waals surface area contributed by atoms with Gasteiger partial charge in [-0.25, -0.2) is 0 Å². The van der Waals surface area contributed by atoms with E-state index in [1.165, 1.54) is 7.11 Å². The topological polar surface area (TPSA) is 172 Å². The molecule has 1 rings (SSSR count). The van der Waals surface area contributed by atoms with Gasteiger partial charge in [0.1, 0.15) is 0 Å². The van der Waals surface area contributed by atoms with Crippen LogP contribution in [-0.4, -0.2) is 29.1 Å². The molecule has 0 radical (unpaired) electrons. The van der Waals surface area contributed by atoms with Crippen LogP contribution in [0.25, 0.3) is 0 Å². The molecule has 106 valence electrons. The van der Waals surface area contributed by atoms with Crippen molar-refractivity contribution in [1.29, 1.82) is 0 Å². The van der Waals surface area contributed by atoms with Crippen LogP contribution in [0.5, 0.6) is 5.75 Å². The molecule has 0 aliphatic rings. The van der Waals surface area contributed by atoms with Gasteiger partial charge in [0.2, 0.25) is 11.7 Å². The van der Waals surface area contributed by atoms with E-state index in [1.54, 1.807) is 0 Å². The van der Waals surface area contributed by atoms with Crippen LogP contribution in [0.15, 0.2) is 22.3 Å². The highest BCUT2D eigenvalue weighted by atomic mass is 16.6. The van der Waals surface area contributed by atoms with Crippen molar-refractivity contribution in [2.45, 2.75) is 0 Å². The molecule has 4 N–H and O–H groups in total. The van der Waals surface area contributed by atoms with Crippen LogP contribution in [-0.2, 0) is 0 Å². The molecule has 0 aromatic heterocycles. The van der Waals surface area contributed by atoms with E-state index in [0.29, 0.717) is 0 Å². The summed E-state index contributed by atoms with van der Waals surface area (Å²) in [7, 11) is 1.19. The molecular formula is C9H10N6O5. The first-order valence-corrected chi connectivity index (χ1v) is 4.99. The molecule has 0 aliphatic heterocycles. The van der Waals surface area contributed by atoms with Crippen LogP contribution in [0.3, 0.4) is 0 Å². The Morgan fingerprint density at radius 1 is 1.30 bits per heavy atom. The second-order valence-corrected chi connectivity index (χ2v) is 3.37. The Kier molecular flexibility index (Phi) is 4.51. The van der Waals surface area contributed by atoms with Crippen LogP contribution in [0.1, 0.15) is 5.56 Å². The summed E-state index contributed by atoms with van der Waals surface area (Å²) in [5.41, 5.74) is 9.05. The van der Waals surface area contributed by atoms with E-state index in [2.05, 4.69) is 10.2 Å². The summed E-state index contributed by atoms with van der Waals surface area (Å²) < 4.78 is 4.86. The van der Waals surface area contributed by atoms with E-state index in [0.717, 1.165) is 18.3 Å². The number of hydrogen-bond acceptors (Lipinski definition) is 7. The van der Waals surface area contributed by atoms with Gasteiger partial charge in [-0.15, -0.1) is 5.10 Å². The molecule has 11 nitrogen and oxygen atoms in total. The Labute approximate surface area is 111 Å². The first kappa shape index (κ1) is 14.8. The van der Waals surface area contributed by atoms with Crippen LogP contribution in [0.2, 0.25) is 0 Å². The third-order valence-electron chi connectivity index (χ3n) is 2.06. The van der Waals surface area contributed by atoms with Crippen molar-refractivity contribution < 1.29 is 14.6 Å². The minimum Gasteiger partial charge on any atom is -0.490 e. The van der Waals surface area contributed by atoms with Crippen molar-refractivity contribution in [3.05, 3.63) is 37.9 Å². The predicted octanol–water partition coefficient (Wildman–Crippen LogP) is 0.119. The summed E-state index contributed by atoms with van der Waals surface area (Å²) in [6.45, 7) is 0. The zero-order valence-corrected chi connectivity index (χ0v) is 10.2. The lowest BCUT2D eigenvalue weighted by molar-refractivity contribution is -0.394. The van der Waals surface area contributed by atoms with Gasteiger partial charge in [0.25, 0.3) is 5.69 Å². The van der Waals surface area contributed by atoms with Gasteiger partial charge in [0.05, 0.1) is 34.8 Å². The minimum atomic E-state index is -0.802. The normalized spacial score (nSPS) is 10.2. The molecule has 11 heteroatoms. The molecule has 0 bridgehead atoms. The monoisotopic (exact) mass is 282 g/mol. The fourth-order valence-electron chi connectivity index (χ4n) is 1.34. The van der Waals surface area contributed by atoms with E-state index in [-0.39, 0.29) is 17.3 Å². The average molecular weight is 282 g/mol. The molecular weight excluding hydrogens is 272 g/mol. The van der Waals surface area contributed by atoms with Gasteiger partial charge in [-0.3, -0.25) is 20.2 Å². The number of benzene rings is 1. The Bertz CT molecular complexity index is 607. The number of nitro groups is 2. The molecule has 0 atom stereocenters. The van der Waals surface area contributed by atoms with Crippen molar-refractivity contribution >= 4 is 23.5 Å². The molecule has 0 aliphatic carbocycles. The smallest absolute Gasteiger partial charge is 0.318 e. The Morgan fingerprint density at radius 3 is 2.40 bits per heavy atom. The van der Waals surface area contributed by atoms with Gasteiger partial charge < -0.3 is 16.2 Å². The van der Waals surface area contributed by atoms with Gasteiger partial charge >= 0.3 is 5.69 Å². The van der Waals surface area contributed by atoms with Crippen molar-refractivity contribution in [3.8, 4) is 5.75 Å². The van der Waals surface area contributed by atoms with E-state index in [9.17, 15) is 20.2 Å². The zero-order valence-electron chi connectivity index (χ0n) is 10.2. The summed E-state index contributed by atoms with van der Waals surface area (Å²) in [5.74, 6) is -0.518. The maximum Gasteiger partial charge on any atom is 0.318 e. The first-order valence-electron chi connectivity index (χ1n) is 4.99. The first-order chi connectivity index (χ1) is 9.36. The summed E-state index contributed by atoms with van der Waals surface area (Å²) in [4.78, 5) is 20.0. The number of rotatable bonds is 5. The maximum atomic E-state index is 10.9. The van der Waals surface area contributed by atoms with Crippen LogP contribution < -0.4 is 16.2 Å². The summed E-state index contributed by atoms with van der Waals surface area (Å²) in [5, 5.41) is 28.3. The third-order valence-corrected chi connectivity index (χ3v) is 2.06. The second-order valence-electron chi connectivity index (χ2n) is 3.37. The van der Waals surface area contributed by atoms with Gasteiger partial charge in [0.15, 0.2) is 0 Å². The van der Waals surface area contributed by atoms with Crippen molar-refractivity contribution in [2.24, 2.45) is 21.7 Å².